The van der Waals surface area contributed by atoms with Gasteiger partial charge < -0.3 is 4.74 Å². The van der Waals surface area contributed by atoms with Crippen LogP contribution in [0.4, 0.5) is 22.0 Å². The molecule has 0 saturated carbocycles. The summed E-state index contributed by atoms with van der Waals surface area (Å²) in [6.45, 7) is 3.18. The maximum Gasteiger partial charge on any atom is 0.416 e. The monoisotopic (exact) mass is 438 g/mol. The molecule has 0 amide bonds. The van der Waals surface area contributed by atoms with E-state index in [-0.39, 0.29) is 15.9 Å². The van der Waals surface area contributed by atoms with Crippen LogP contribution >= 0.6 is 23.5 Å². The van der Waals surface area contributed by atoms with Gasteiger partial charge in [0.15, 0.2) is 0 Å². The largest absolute Gasteiger partial charge is 0.416 e. The Bertz CT molecular complexity index is 821. The van der Waals surface area contributed by atoms with Crippen LogP contribution in [0.15, 0.2) is 40.3 Å². The molecule has 0 radical (unpaired) electrons. The molecule has 0 aliphatic carbocycles. The Hall–Kier alpha value is -1.26. The summed E-state index contributed by atoms with van der Waals surface area (Å²) in [5.41, 5.74) is -0.0947. The second kappa shape index (κ2) is 7.87. The summed E-state index contributed by atoms with van der Waals surface area (Å²) in [6.07, 6.45) is -3.60. The summed E-state index contributed by atoms with van der Waals surface area (Å²) >= 11 is 1.72. The fraction of sp³-hybridized carbons (Fsp3) is 0.500. The smallest absolute Gasteiger partial charge is 0.372 e. The van der Waals surface area contributed by atoms with E-state index in [0.29, 0.717) is 41.8 Å². The highest BCUT2D eigenvalue weighted by atomic mass is 32.2. The van der Waals surface area contributed by atoms with E-state index >= 15 is 0 Å². The molecule has 1 aromatic carbocycles. The standard InChI is InChI=1S/C18H19F5N2OS2/c1-16(27-12-5-3-4-11(8-12)18(21,22)23)6-7-26-14(10-16)13-9-15(25-24-13)28-17(2,19)20/h3-5,8-9,14H,6-7,10H2,1-2H3,(H,24,25). The van der Waals surface area contributed by atoms with Crippen LogP contribution in [0.1, 0.15) is 44.1 Å². The first-order chi connectivity index (χ1) is 12.9. The van der Waals surface area contributed by atoms with Crippen LogP contribution in [-0.4, -0.2) is 26.8 Å². The van der Waals surface area contributed by atoms with Crippen molar-refractivity contribution >= 4 is 23.5 Å². The quantitative estimate of drug-likeness (QED) is 0.425. The van der Waals surface area contributed by atoms with Crippen LogP contribution in [-0.2, 0) is 10.9 Å². The number of hydrogen-bond acceptors (Lipinski definition) is 4. The van der Waals surface area contributed by atoms with Crippen molar-refractivity contribution in [1.29, 1.82) is 0 Å². The number of hydrogen-bond donors (Lipinski definition) is 1. The molecule has 2 aromatic rings. The van der Waals surface area contributed by atoms with Gasteiger partial charge in [-0.1, -0.05) is 6.07 Å². The number of rotatable bonds is 5. The fourth-order valence-corrected chi connectivity index (χ4v) is 4.97. The van der Waals surface area contributed by atoms with Crippen molar-refractivity contribution in [1.82, 2.24) is 10.2 Å². The van der Waals surface area contributed by atoms with E-state index in [4.69, 9.17) is 4.74 Å². The van der Waals surface area contributed by atoms with Crippen LogP contribution in [0, 0.1) is 0 Å². The number of aromatic amines is 1. The lowest BCUT2D eigenvalue weighted by atomic mass is 9.95. The molecule has 10 heteroatoms. The highest BCUT2D eigenvalue weighted by molar-refractivity contribution is 8.00. The molecule has 1 aliphatic heterocycles. The number of benzene rings is 1. The second-order valence-electron chi connectivity index (χ2n) is 6.96. The molecule has 1 fully saturated rings. The normalized spacial score (nSPS) is 23.8. The minimum absolute atomic E-state index is 0.170. The van der Waals surface area contributed by atoms with Gasteiger partial charge in [0.1, 0.15) is 11.1 Å². The van der Waals surface area contributed by atoms with E-state index in [9.17, 15) is 22.0 Å². The topological polar surface area (TPSA) is 37.9 Å². The number of H-pyrrole nitrogens is 1. The van der Waals surface area contributed by atoms with Crippen molar-refractivity contribution in [3.05, 3.63) is 41.6 Å². The first-order valence-corrected chi connectivity index (χ1v) is 10.2. The molecule has 2 heterocycles. The van der Waals surface area contributed by atoms with Crippen molar-refractivity contribution in [3.63, 3.8) is 0 Å². The lowest BCUT2D eigenvalue weighted by Gasteiger charge is -2.37. The minimum Gasteiger partial charge on any atom is -0.372 e. The summed E-state index contributed by atoms with van der Waals surface area (Å²) in [5.74, 6) is 0. The van der Waals surface area contributed by atoms with Gasteiger partial charge in [-0.25, -0.2) is 0 Å². The Morgan fingerprint density at radius 1 is 1.21 bits per heavy atom. The lowest BCUT2D eigenvalue weighted by molar-refractivity contribution is -0.137. The number of ether oxygens (including phenoxy) is 1. The van der Waals surface area contributed by atoms with Gasteiger partial charge in [0, 0.05) is 23.2 Å². The summed E-state index contributed by atoms with van der Waals surface area (Å²) in [6, 6.07) is 6.78. The van der Waals surface area contributed by atoms with Gasteiger partial charge in [-0.15, -0.1) is 11.8 Å². The molecule has 1 aliphatic rings. The molecule has 0 spiro atoms. The number of aromatic nitrogens is 2. The third kappa shape index (κ3) is 5.64. The molecule has 2 atom stereocenters. The second-order valence-corrected chi connectivity index (χ2v) is 9.96. The van der Waals surface area contributed by atoms with E-state index in [1.807, 2.05) is 6.92 Å². The van der Waals surface area contributed by atoms with Gasteiger partial charge in [0.05, 0.1) is 11.3 Å². The third-order valence-corrected chi connectivity index (χ3v) is 6.43. The van der Waals surface area contributed by atoms with Crippen molar-refractivity contribution in [2.24, 2.45) is 0 Å². The number of halogens is 5. The van der Waals surface area contributed by atoms with Crippen molar-refractivity contribution in [2.45, 2.75) is 58.9 Å². The van der Waals surface area contributed by atoms with Crippen LogP contribution in [0.25, 0.3) is 0 Å². The fourth-order valence-electron chi connectivity index (χ4n) is 3.00. The molecule has 0 bridgehead atoms. The first kappa shape index (κ1) is 21.4. The summed E-state index contributed by atoms with van der Waals surface area (Å²) in [5, 5.41) is 3.87. The van der Waals surface area contributed by atoms with Gasteiger partial charge in [-0.3, -0.25) is 5.10 Å². The number of thioether (sulfide) groups is 2. The maximum atomic E-state index is 13.1. The Kier molecular flexibility index (Phi) is 6.03. The van der Waals surface area contributed by atoms with Gasteiger partial charge in [-0.2, -0.15) is 27.1 Å². The Morgan fingerprint density at radius 3 is 2.64 bits per heavy atom. The van der Waals surface area contributed by atoms with Crippen LogP contribution in [0.2, 0.25) is 0 Å². The van der Waals surface area contributed by atoms with Crippen molar-refractivity contribution in [2.75, 3.05) is 6.61 Å². The number of alkyl halides is 5. The maximum absolute atomic E-state index is 13.1. The first-order valence-electron chi connectivity index (χ1n) is 8.54. The zero-order valence-corrected chi connectivity index (χ0v) is 16.8. The lowest BCUT2D eigenvalue weighted by Crippen LogP contribution is -2.32. The summed E-state index contributed by atoms with van der Waals surface area (Å²) in [7, 11) is 0. The predicted octanol–water partition coefficient (Wildman–Crippen LogP) is 6.54. The average Bonchev–Trinajstić information content (AvgIpc) is 3.00. The van der Waals surface area contributed by atoms with Crippen LogP contribution in [0.3, 0.4) is 0 Å². The zero-order valence-electron chi connectivity index (χ0n) is 15.1. The Morgan fingerprint density at radius 2 is 1.96 bits per heavy atom. The molecule has 3 nitrogen and oxygen atoms in total. The molecule has 2 unspecified atom stereocenters. The van der Waals surface area contributed by atoms with E-state index in [1.165, 1.54) is 23.9 Å². The predicted molar refractivity (Wildman–Crippen MR) is 98.7 cm³/mol. The van der Waals surface area contributed by atoms with E-state index in [0.717, 1.165) is 19.1 Å². The summed E-state index contributed by atoms with van der Waals surface area (Å²) in [4.78, 5) is 0.532. The molecule has 1 aromatic heterocycles. The SMILES string of the molecule is CC(F)(F)Sc1cc(C2CC(C)(Sc3cccc(C(F)(F)F)c3)CCO2)[nH]n1. The van der Waals surface area contributed by atoms with E-state index in [2.05, 4.69) is 10.2 Å². The van der Waals surface area contributed by atoms with Gasteiger partial charge in [0.2, 0.25) is 0 Å². The Balaban J connectivity index is 1.72. The molecular formula is C18H19F5N2OS2. The minimum atomic E-state index is -4.39. The van der Waals surface area contributed by atoms with Crippen LogP contribution < -0.4 is 0 Å². The molecule has 3 rings (SSSR count). The van der Waals surface area contributed by atoms with Gasteiger partial charge in [0.25, 0.3) is 5.25 Å². The molecule has 28 heavy (non-hydrogen) atoms. The Labute approximate surface area is 167 Å². The van der Waals surface area contributed by atoms with Crippen LogP contribution in [0.5, 0.6) is 0 Å². The van der Waals surface area contributed by atoms with Gasteiger partial charge in [-0.05, 0) is 55.8 Å². The van der Waals surface area contributed by atoms with E-state index < -0.39 is 17.0 Å². The molecule has 1 saturated heterocycles. The van der Waals surface area contributed by atoms with E-state index in [1.54, 1.807) is 6.07 Å². The number of nitrogens with one attached hydrogen (secondary N) is 1. The molecule has 154 valence electrons. The van der Waals surface area contributed by atoms with Gasteiger partial charge >= 0.3 is 6.18 Å². The highest BCUT2D eigenvalue weighted by Gasteiger charge is 2.37. The van der Waals surface area contributed by atoms with Crippen molar-refractivity contribution in [3.8, 4) is 0 Å². The number of nitrogens with zero attached hydrogens (tertiary/aromatic N) is 1. The zero-order chi connectivity index (χ0) is 20.6. The summed E-state index contributed by atoms with van der Waals surface area (Å²) < 4.78 is 70.5. The van der Waals surface area contributed by atoms with Crippen molar-refractivity contribution < 1.29 is 26.7 Å². The molecular weight excluding hydrogens is 419 g/mol. The highest BCUT2D eigenvalue weighted by Crippen LogP contribution is 2.47. The third-order valence-electron chi connectivity index (χ3n) is 4.30. The molecule has 1 N–H and O–H groups in total. The average molecular weight is 438 g/mol.